The minimum atomic E-state index is -1.61. The van der Waals surface area contributed by atoms with Crippen LogP contribution in [0.15, 0.2) is 36.0 Å². The predicted molar refractivity (Wildman–Crippen MR) is 103 cm³/mol. The van der Waals surface area contributed by atoms with Crippen molar-refractivity contribution in [3.63, 3.8) is 0 Å². The van der Waals surface area contributed by atoms with E-state index in [0.29, 0.717) is 11.3 Å². The first-order valence-corrected chi connectivity index (χ1v) is 9.84. The molecule has 1 unspecified atom stereocenters. The molecule has 0 aliphatic carbocycles. The van der Waals surface area contributed by atoms with Gasteiger partial charge in [-0.15, -0.1) is 0 Å². The van der Waals surface area contributed by atoms with E-state index in [9.17, 15) is 23.9 Å². The van der Waals surface area contributed by atoms with Gasteiger partial charge in [-0.25, -0.2) is 9.18 Å². The summed E-state index contributed by atoms with van der Waals surface area (Å²) in [7, 11) is 0. The maximum absolute atomic E-state index is 13.8. The van der Waals surface area contributed by atoms with E-state index < -0.39 is 47.5 Å². The molecule has 0 bridgehead atoms. The summed E-state index contributed by atoms with van der Waals surface area (Å²) in [5, 5.41) is 9.54. The molecule has 0 aromatic heterocycles. The van der Waals surface area contributed by atoms with Gasteiger partial charge in [0.2, 0.25) is 0 Å². The van der Waals surface area contributed by atoms with E-state index in [-0.39, 0.29) is 26.4 Å². The van der Waals surface area contributed by atoms with Gasteiger partial charge in [-0.2, -0.15) is 0 Å². The Morgan fingerprint density at radius 1 is 1.16 bits per heavy atom. The number of rotatable bonds is 3. The number of hydrogen-bond donors (Lipinski definition) is 1. The number of cyclic esters (lactones) is 1. The van der Waals surface area contributed by atoms with E-state index in [1.165, 1.54) is 34.1 Å². The van der Waals surface area contributed by atoms with Crippen LogP contribution < -0.4 is 0 Å². The maximum atomic E-state index is 13.8. The van der Waals surface area contributed by atoms with Crippen LogP contribution in [-0.2, 0) is 23.8 Å². The van der Waals surface area contributed by atoms with Crippen LogP contribution in [0.2, 0.25) is 0 Å². The molecule has 1 aromatic rings. The first kappa shape index (κ1) is 21.3. The fourth-order valence-corrected chi connectivity index (χ4v) is 4.29. The molecule has 3 heterocycles. The average Bonchev–Trinajstić information content (AvgIpc) is 2.92. The lowest BCUT2D eigenvalue weighted by Gasteiger charge is -2.54. The van der Waals surface area contributed by atoms with E-state index in [1.807, 2.05) is 0 Å². The van der Waals surface area contributed by atoms with Crippen LogP contribution in [0.1, 0.15) is 25.5 Å². The molecule has 1 spiro atoms. The van der Waals surface area contributed by atoms with Crippen molar-refractivity contribution in [1.82, 2.24) is 9.80 Å². The molecule has 10 heteroatoms. The van der Waals surface area contributed by atoms with Gasteiger partial charge < -0.3 is 24.2 Å². The van der Waals surface area contributed by atoms with Crippen LogP contribution in [0, 0.1) is 5.82 Å². The highest BCUT2D eigenvalue weighted by atomic mass is 19.1. The second kappa shape index (κ2) is 7.61. The van der Waals surface area contributed by atoms with Crippen LogP contribution in [0.5, 0.6) is 0 Å². The number of carbonyl (C=O) groups is 3. The Morgan fingerprint density at radius 3 is 2.35 bits per heavy atom. The molecule has 0 saturated carbocycles. The molecular weight excluding hydrogens is 411 g/mol. The quantitative estimate of drug-likeness (QED) is 0.772. The molecule has 9 nitrogen and oxygen atoms in total. The van der Waals surface area contributed by atoms with Crippen molar-refractivity contribution in [3.8, 4) is 0 Å². The van der Waals surface area contributed by atoms with Crippen molar-refractivity contribution < 1.29 is 38.1 Å². The number of aliphatic carboxylic acids is 1. The second-order valence-electron chi connectivity index (χ2n) is 8.29. The topological polar surface area (TPSA) is 106 Å². The number of halogens is 1. The third-order valence-corrected chi connectivity index (χ3v) is 5.51. The number of hydrogen-bond acceptors (Lipinski definition) is 6. The van der Waals surface area contributed by atoms with Gasteiger partial charge in [-0.05, 0) is 37.6 Å². The molecule has 3 aliphatic heterocycles. The van der Waals surface area contributed by atoms with Crippen molar-refractivity contribution in [1.29, 1.82) is 0 Å². The first-order valence-electron chi connectivity index (χ1n) is 9.84. The summed E-state index contributed by atoms with van der Waals surface area (Å²) in [6.07, 6.45) is 0.920. The van der Waals surface area contributed by atoms with Gasteiger partial charge in [0.25, 0.3) is 5.91 Å². The van der Waals surface area contributed by atoms with E-state index in [2.05, 4.69) is 0 Å². The molecule has 1 aromatic carbocycles. The van der Waals surface area contributed by atoms with Gasteiger partial charge in [0, 0.05) is 0 Å². The Balaban J connectivity index is 1.94. The van der Waals surface area contributed by atoms with E-state index in [1.54, 1.807) is 19.9 Å². The minimum absolute atomic E-state index is 0.176. The standard InChI is InChI=1S/C21H23FN2O7/c1-20(2)9-15-17(13-3-5-14(22)6-4-13)23(10-16(25)26)18(27)21(24(15)19(28)31-20)11-29-7-8-30-12-21/h3-6,9,17H,7-8,10-12H2,1-2H3,(H,25,26). The molecule has 31 heavy (non-hydrogen) atoms. The SMILES string of the molecule is CC1(C)C=C2C(c3ccc(F)cc3)N(CC(=O)O)C(=O)C3(COCCOC3)N2C(=O)O1. The molecule has 2 amide bonds. The molecule has 0 radical (unpaired) electrons. The molecule has 3 aliphatic rings. The number of benzene rings is 1. The number of carboxylic acids is 1. The Labute approximate surface area is 178 Å². The summed E-state index contributed by atoms with van der Waals surface area (Å²) >= 11 is 0. The van der Waals surface area contributed by atoms with Crippen molar-refractivity contribution >= 4 is 18.0 Å². The number of ether oxygens (including phenoxy) is 3. The van der Waals surface area contributed by atoms with Gasteiger partial charge in [-0.1, -0.05) is 12.1 Å². The van der Waals surface area contributed by atoms with E-state index in [4.69, 9.17) is 14.2 Å². The van der Waals surface area contributed by atoms with Crippen LogP contribution in [0.3, 0.4) is 0 Å². The molecule has 2 saturated heterocycles. The molecule has 1 N–H and O–H groups in total. The Kier molecular flexibility index (Phi) is 5.22. The maximum Gasteiger partial charge on any atom is 0.416 e. The fourth-order valence-electron chi connectivity index (χ4n) is 4.29. The number of carboxylic acid groups (broad SMARTS) is 1. The zero-order valence-electron chi connectivity index (χ0n) is 17.2. The number of amides is 2. The van der Waals surface area contributed by atoms with Gasteiger partial charge in [-0.3, -0.25) is 14.5 Å². The van der Waals surface area contributed by atoms with Crippen LogP contribution in [0.25, 0.3) is 0 Å². The van der Waals surface area contributed by atoms with Gasteiger partial charge in [0.15, 0.2) is 5.54 Å². The highest BCUT2D eigenvalue weighted by Crippen LogP contribution is 2.46. The highest BCUT2D eigenvalue weighted by Gasteiger charge is 2.60. The summed E-state index contributed by atoms with van der Waals surface area (Å²) in [5.41, 5.74) is -1.79. The third kappa shape index (κ3) is 3.66. The van der Waals surface area contributed by atoms with Crippen LogP contribution in [-0.4, -0.2) is 77.0 Å². The molecule has 4 rings (SSSR count). The normalized spacial score (nSPS) is 24.9. The van der Waals surface area contributed by atoms with Gasteiger partial charge in [0.1, 0.15) is 18.0 Å². The second-order valence-corrected chi connectivity index (χ2v) is 8.29. The lowest BCUT2D eigenvalue weighted by Crippen LogP contribution is -2.72. The average molecular weight is 434 g/mol. The van der Waals surface area contributed by atoms with Crippen molar-refractivity contribution in [2.75, 3.05) is 33.0 Å². The van der Waals surface area contributed by atoms with Crippen molar-refractivity contribution in [2.24, 2.45) is 0 Å². The first-order chi connectivity index (χ1) is 14.6. The minimum Gasteiger partial charge on any atom is -0.480 e. The van der Waals surface area contributed by atoms with Gasteiger partial charge in [0.05, 0.1) is 38.2 Å². The lowest BCUT2D eigenvalue weighted by atomic mass is 9.84. The van der Waals surface area contributed by atoms with Crippen LogP contribution >= 0.6 is 0 Å². The summed E-state index contributed by atoms with van der Waals surface area (Å²) in [6, 6.07) is 4.43. The Hall–Kier alpha value is -2.98. The van der Waals surface area contributed by atoms with Crippen molar-refractivity contribution in [3.05, 3.63) is 47.4 Å². The summed E-state index contributed by atoms with van der Waals surface area (Å²) in [4.78, 5) is 41.0. The smallest absolute Gasteiger partial charge is 0.416 e. The van der Waals surface area contributed by atoms with Crippen molar-refractivity contribution in [2.45, 2.75) is 31.0 Å². The van der Waals surface area contributed by atoms with Gasteiger partial charge >= 0.3 is 12.1 Å². The monoisotopic (exact) mass is 434 g/mol. The molecular formula is C21H23FN2O7. The number of piperazine rings is 1. The van der Waals surface area contributed by atoms with E-state index >= 15 is 0 Å². The largest absolute Gasteiger partial charge is 0.480 e. The van der Waals surface area contributed by atoms with E-state index in [0.717, 1.165) is 0 Å². The number of fused-ring (bicyclic) bond motifs is 2. The number of nitrogens with zero attached hydrogens (tertiary/aromatic N) is 2. The highest BCUT2D eigenvalue weighted by molar-refractivity contribution is 5.96. The lowest BCUT2D eigenvalue weighted by molar-refractivity contribution is -0.164. The molecule has 2 fully saturated rings. The molecule has 166 valence electrons. The zero-order valence-corrected chi connectivity index (χ0v) is 17.2. The Morgan fingerprint density at radius 2 is 1.77 bits per heavy atom. The molecule has 1 atom stereocenters. The fraction of sp³-hybridized carbons (Fsp3) is 0.476. The summed E-state index contributed by atoms with van der Waals surface area (Å²) in [6.45, 7) is 2.84. The summed E-state index contributed by atoms with van der Waals surface area (Å²) < 4.78 is 30.3. The van der Waals surface area contributed by atoms with Crippen LogP contribution in [0.4, 0.5) is 9.18 Å². The Bertz CT molecular complexity index is 936. The third-order valence-electron chi connectivity index (χ3n) is 5.51. The predicted octanol–water partition coefficient (Wildman–Crippen LogP) is 1.69. The summed E-state index contributed by atoms with van der Waals surface area (Å²) in [5.74, 6) is -2.34. The number of carbonyl (C=O) groups excluding carboxylic acids is 2. The zero-order chi connectivity index (χ0) is 22.4.